The molecule has 1 saturated heterocycles. The molecule has 106 valence electrons. The number of halogens is 1. The molecule has 1 fully saturated rings. The first-order chi connectivity index (χ1) is 9.19. The van der Waals surface area contributed by atoms with Crippen LogP contribution >= 0.6 is 11.6 Å². The minimum atomic E-state index is 0.470. The molecule has 0 bridgehead atoms. The molecule has 19 heavy (non-hydrogen) atoms. The van der Waals surface area contributed by atoms with Crippen LogP contribution < -0.4 is 5.32 Å². The summed E-state index contributed by atoms with van der Waals surface area (Å²) in [6, 6.07) is 4.35. The predicted molar refractivity (Wildman–Crippen MR) is 81.8 cm³/mol. The average molecular weight is 282 g/mol. The van der Waals surface area contributed by atoms with Gasteiger partial charge < -0.3 is 10.2 Å². The van der Waals surface area contributed by atoms with Gasteiger partial charge in [0.05, 0.1) is 0 Å². The summed E-state index contributed by atoms with van der Waals surface area (Å²) < 4.78 is 0. The topological polar surface area (TPSA) is 28.2 Å². The zero-order valence-electron chi connectivity index (χ0n) is 11.9. The summed E-state index contributed by atoms with van der Waals surface area (Å²) in [6.45, 7) is 8.22. The zero-order valence-corrected chi connectivity index (χ0v) is 12.7. The van der Waals surface area contributed by atoms with Gasteiger partial charge in [0.1, 0.15) is 5.15 Å². The molecule has 3 nitrogen and oxygen atoms in total. The highest BCUT2D eigenvalue weighted by molar-refractivity contribution is 6.29. The Bertz CT molecular complexity index is 395. The van der Waals surface area contributed by atoms with E-state index in [0.717, 1.165) is 5.69 Å². The van der Waals surface area contributed by atoms with E-state index in [1.54, 1.807) is 6.20 Å². The molecule has 1 aliphatic heterocycles. The normalized spacial score (nSPS) is 22.2. The van der Waals surface area contributed by atoms with Gasteiger partial charge in [-0.3, -0.25) is 0 Å². The van der Waals surface area contributed by atoms with Crippen molar-refractivity contribution in [2.24, 2.45) is 5.92 Å². The third-order valence-corrected chi connectivity index (χ3v) is 4.12. The smallest absolute Gasteiger partial charge is 0.131 e. The Balaban J connectivity index is 1.90. The molecule has 0 radical (unpaired) electrons. The molecule has 0 saturated carbocycles. The van der Waals surface area contributed by atoms with Crippen LogP contribution in [-0.4, -0.2) is 35.6 Å². The largest absolute Gasteiger partial charge is 0.382 e. The molecule has 1 aromatic rings. The van der Waals surface area contributed by atoms with E-state index in [9.17, 15) is 0 Å². The SMILES string of the molecule is CCCN1CCCC(C(C)Nc2ccnc(Cl)c2)C1. The Morgan fingerprint density at radius 1 is 1.58 bits per heavy atom. The number of aromatic nitrogens is 1. The van der Waals surface area contributed by atoms with Gasteiger partial charge in [0.2, 0.25) is 0 Å². The molecular formula is C15H24ClN3. The van der Waals surface area contributed by atoms with Gasteiger partial charge in [-0.25, -0.2) is 4.98 Å². The van der Waals surface area contributed by atoms with Gasteiger partial charge in [-0.1, -0.05) is 18.5 Å². The summed E-state index contributed by atoms with van der Waals surface area (Å²) in [5.74, 6) is 0.715. The van der Waals surface area contributed by atoms with Gasteiger partial charge in [0.15, 0.2) is 0 Å². The molecule has 1 aromatic heterocycles. The molecular weight excluding hydrogens is 258 g/mol. The molecule has 4 heteroatoms. The minimum absolute atomic E-state index is 0.470. The van der Waals surface area contributed by atoms with Crippen molar-refractivity contribution >= 4 is 17.3 Å². The van der Waals surface area contributed by atoms with Crippen molar-refractivity contribution in [1.29, 1.82) is 0 Å². The molecule has 2 unspecified atom stereocenters. The van der Waals surface area contributed by atoms with Crippen molar-refractivity contribution in [2.45, 2.75) is 39.2 Å². The summed E-state index contributed by atoms with van der Waals surface area (Å²) >= 11 is 5.92. The average Bonchev–Trinajstić information content (AvgIpc) is 2.39. The van der Waals surface area contributed by atoms with E-state index in [1.165, 1.54) is 38.9 Å². The molecule has 1 aliphatic rings. The van der Waals surface area contributed by atoms with Gasteiger partial charge in [-0.05, 0) is 57.3 Å². The van der Waals surface area contributed by atoms with Crippen LogP contribution in [0.15, 0.2) is 18.3 Å². The summed E-state index contributed by atoms with van der Waals surface area (Å²) in [6.07, 6.45) is 5.62. The Morgan fingerprint density at radius 2 is 2.42 bits per heavy atom. The van der Waals surface area contributed by atoms with Crippen LogP contribution in [0.4, 0.5) is 5.69 Å². The van der Waals surface area contributed by atoms with Gasteiger partial charge >= 0.3 is 0 Å². The van der Waals surface area contributed by atoms with Crippen molar-refractivity contribution < 1.29 is 0 Å². The maximum atomic E-state index is 5.92. The number of rotatable bonds is 5. The highest BCUT2D eigenvalue weighted by Crippen LogP contribution is 2.23. The van der Waals surface area contributed by atoms with Gasteiger partial charge in [0.25, 0.3) is 0 Å². The van der Waals surface area contributed by atoms with Crippen LogP contribution in [0, 0.1) is 5.92 Å². The number of hydrogen-bond donors (Lipinski definition) is 1. The number of nitrogens with zero attached hydrogens (tertiary/aromatic N) is 2. The van der Waals surface area contributed by atoms with Crippen LogP contribution in [0.25, 0.3) is 0 Å². The summed E-state index contributed by atoms with van der Waals surface area (Å²) in [7, 11) is 0. The van der Waals surface area contributed by atoms with E-state index >= 15 is 0 Å². The number of nitrogens with one attached hydrogen (secondary N) is 1. The quantitative estimate of drug-likeness (QED) is 0.835. The van der Waals surface area contributed by atoms with E-state index in [4.69, 9.17) is 11.6 Å². The zero-order chi connectivity index (χ0) is 13.7. The van der Waals surface area contributed by atoms with Crippen molar-refractivity contribution in [3.8, 4) is 0 Å². The monoisotopic (exact) mass is 281 g/mol. The number of anilines is 1. The number of piperidine rings is 1. The minimum Gasteiger partial charge on any atom is -0.382 e. The van der Waals surface area contributed by atoms with Crippen LogP contribution in [0.5, 0.6) is 0 Å². The maximum Gasteiger partial charge on any atom is 0.131 e. The maximum absolute atomic E-state index is 5.92. The third-order valence-electron chi connectivity index (χ3n) is 3.91. The van der Waals surface area contributed by atoms with E-state index in [-0.39, 0.29) is 0 Å². The molecule has 0 aliphatic carbocycles. The molecule has 2 rings (SSSR count). The Kier molecular flexibility index (Phi) is 5.46. The fourth-order valence-electron chi connectivity index (χ4n) is 2.89. The molecule has 1 N–H and O–H groups in total. The Labute approximate surface area is 121 Å². The van der Waals surface area contributed by atoms with Gasteiger partial charge in [-0.15, -0.1) is 0 Å². The summed E-state index contributed by atoms with van der Waals surface area (Å²) in [5.41, 5.74) is 1.07. The summed E-state index contributed by atoms with van der Waals surface area (Å²) in [4.78, 5) is 6.60. The van der Waals surface area contributed by atoms with Gasteiger partial charge in [0, 0.05) is 24.5 Å². The first kappa shape index (κ1) is 14.6. The van der Waals surface area contributed by atoms with E-state index in [0.29, 0.717) is 17.1 Å². The first-order valence-electron chi connectivity index (χ1n) is 7.29. The van der Waals surface area contributed by atoms with Crippen LogP contribution in [0.1, 0.15) is 33.1 Å². The second kappa shape index (κ2) is 7.11. The van der Waals surface area contributed by atoms with Crippen LogP contribution in [0.2, 0.25) is 5.15 Å². The van der Waals surface area contributed by atoms with Crippen LogP contribution in [-0.2, 0) is 0 Å². The lowest BCUT2D eigenvalue weighted by atomic mass is 9.91. The van der Waals surface area contributed by atoms with E-state index in [2.05, 4.69) is 29.0 Å². The van der Waals surface area contributed by atoms with Crippen molar-refractivity contribution in [3.63, 3.8) is 0 Å². The second-order valence-electron chi connectivity index (χ2n) is 5.50. The fraction of sp³-hybridized carbons (Fsp3) is 0.667. The third kappa shape index (κ3) is 4.36. The Morgan fingerprint density at radius 3 is 3.16 bits per heavy atom. The van der Waals surface area contributed by atoms with E-state index in [1.807, 2.05) is 12.1 Å². The van der Waals surface area contributed by atoms with Crippen molar-refractivity contribution in [2.75, 3.05) is 25.0 Å². The van der Waals surface area contributed by atoms with Gasteiger partial charge in [-0.2, -0.15) is 0 Å². The molecule has 0 spiro atoms. The molecule has 0 aromatic carbocycles. The lowest BCUT2D eigenvalue weighted by Gasteiger charge is -2.36. The fourth-order valence-corrected chi connectivity index (χ4v) is 3.07. The summed E-state index contributed by atoms with van der Waals surface area (Å²) in [5, 5.41) is 4.11. The first-order valence-corrected chi connectivity index (χ1v) is 7.67. The number of likely N-dealkylation sites (tertiary alicyclic amines) is 1. The van der Waals surface area contributed by atoms with Crippen molar-refractivity contribution in [1.82, 2.24) is 9.88 Å². The Hall–Kier alpha value is -0.800. The highest BCUT2D eigenvalue weighted by atomic mass is 35.5. The standard InChI is InChI=1S/C15H24ClN3/c1-3-8-19-9-4-5-13(11-19)12(2)18-14-6-7-17-15(16)10-14/h6-7,10,12-13H,3-5,8-9,11H2,1-2H3,(H,17,18). The molecule has 2 atom stereocenters. The van der Waals surface area contributed by atoms with E-state index < -0.39 is 0 Å². The lowest BCUT2D eigenvalue weighted by Crippen LogP contribution is -2.42. The molecule has 0 amide bonds. The number of hydrogen-bond acceptors (Lipinski definition) is 3. The number of pyridine rings is 1. The predicted octanol–water partition coefficient (Wildman–Crippen LogP) is 3.66. The lowest BCUT2D eigenvalue weighted by molar-refractivity contribution is 0.165. The van der Waals surface area contributed by atoms with Crippen molar-refractivity contribution in [3.05, 3.63) is 23.5 Å². The molecule has 2 heterocycles. The highest BCUT2D eigenvalue weighted by Gasteiger charge is 2.24. The van der Waals surface area contributed by atoms with Crippen LogP contribution in [0.3, 0.4) is 0 Å². The second-order valence-corrected chi connectivity index (χ2v) is 5.89.